The Kier molecular flexibility index (Phi) is 2.58. The van der Waals surface area contributed by atoms with E-state index in [0.717, 1.165) is 23.4 Å². The van der Waals surface area contributed by atoms with Gasteiger partial charge in [-0.15, -0.1) is 10.2 Å². The normalized spacial score (nSPS) is 22.1. The summed E-state index contributed by atoms with van der Waals surface area (Å²) >= 11 is 0. The van der Waals surface area contributed by atoms with Crippen LogP contribution in [0.15, 0.2) is 33.7 Å². The van der Waals surface area contributed by atoms with Crippen molar-refractivity contribution in [3.63, 3.8) is 0 Å². The molecule has 0 radical (unpaired) electrons. The molecule has 0 N–H and O–H groups in total. The third-order valence-electron chi connectivity index (χ3n) is 4.24. The third-order valence-corrected chi connectivity index (χ3v) is 4.24. The van der Waals surface area contributed by atoms with Crippen LogP contribution in [0.25, 0.3) is 6.08 Å². The number of fused-ring (bicyclic) bond motifs is 1. The van der Waals surface area contributed by atoms with Crippen LogP contribution in [0, 0.1) is 5.92 Å². The quantitative estimate of drug-likeness (QED) is 0.839. The first-order valence-corrected chi connectivity index (χ1v) is 7.16. The highest BCUT2D eigenvalue weighted by Crippen LogP contribution is 2.46. The molecule has 1 amide bonds. The van der Waals surface area contributed by atoms with Gasteiger partial charge in [0.25, 0.3) is 5.91 Å². The number of nitrogens with zero attached hydrogens (tertiary/aromatic N) is 3. The lowest BCUT2D eigenvalue weighted by Gasteiger charge is -2.09. The monoisotopic (exact) mass is 281 g/mol. The van der Waals surface area contributed by atoms with Crippen LogP contribution in [0.3, 0.4) is 0 Å². The maximum absolute atomic E-state index is 12.1. The fraction of sp³-hybridized carbons (Fsp3) is 0.375. The van der Waals surface area contributed by atoms with Gasteiger partial charge in [0.2, 0.25) is 11.8 Å². The predicted molar refractivity (Wildman–Crippen MR) is 74.8 cm³/mol. The summed E-state index contributed by atoms with van der Waals surface area (Å²) in [6.45, 7) is 2.12. The van der Waals surface area contributed by atoms with Gasteiger partial charge >= 0.3 is 0 Å². The molecule has 1 aromatic carbocycles. The van der Waals surface area contributed by atoms with E-state index in [0.29, 0.717) is 18.2 Å². The minimum atomic E-state index is -0.319. The van der Waals surface area contributed by atoms with E-state index in [1.165, 1.54) is 0 Å². The number of carbonyl (C=O) groups is 1. The van der Waals surface area contributed by atoms with E-state index in [1.807, 2.05) is 30.3 Å². The highest BCUT2D eigenvalue weighted by atomic mass is 16.4. The third kappa shape index (κ3) is 2.18. The number of hydrogen-bond acceptors (Lipinski definition) is 4. The highest BCUT2D eigenvalue weighted by molar-refractivity contribution is 5.86. The summed E-state index contributed by atoms with van der Waals surface area (Å²) < 4.78 is 5.71. The Bertz CT molecular complexity index is 833. The molecular weight excluding hydrogens is 266 g/mol. The van der Waals surface area contributed by atoms with Crippen molar-refractivity contribution in [2.45, 2.75) is 31.6 Å². The SMILES string of the molecule is CC1(c2nnc(CC3C=c4ccccc4=NC3=O)o2)CC1. The van der Waals surface area contributed by atoms with Gasteiger partial charge in [0.05, 0.1) is 11.3 Å². The van der Waals surface area contributed by atoms with Crippen LogP contribution in [-0.2, 0) is 16.6 Å². The number of hydrogen-bond donors (Lipinski definition) is 0. The summed E-state index contributed by atoms with van der Waals surface area (Å²) in [4.78, 5) is 16.2. The van der Waals surface area contributed by atoms with Crippen LogP contribution in [0.5, 0.6) is 0 Å². The Labute approximate surface area is 121 Å². The second kappa shape index (κ2) is 4.35. The lowest BCUT2D eigenvalue weighted by molar-refractivity contribution is -0.120. The molecular formula is C16H15N3O2. The van der Waals surface area contributed by atoms with Crippen molar-refractivity contribution < 1.29 is 9.21 Å². The standard InChI is InChI=1S/C16H15N3O2/c1-16(6-7-16)15-19-18-13(21-15)9-11-8-10-4-2-3-5-12(10)17-14(11)20/h2-5,8,11H,6-7,9H2,1H3. The Hall–Kier alpha value is -2.30. The van der Waals surface area contributed by atoms with E-state index in [4.69, 9.17) is 4.42 Å². The van der Waals surface area contributed by atoms with Gasteiger partial charge in [0.1, 0.15) is 0 Å². The fourth-order valence-electron chi connectivity index (χ4n) is 2.54. The smallest absolute Gasteiger partial charge is 0.253 e. The zero-order valence-corrected chi connectivity index (χ0v) is 11.7. The molecule has 0 spiro atoms. The average molecular weight is 281 g/mol. The van der Waals surface area contributed by atoms with Crippen molar-refractivity contribution in [2.75, 3.05) is 0 Å². The predicted octanol–water partition coefficient (Wildman–Crippen LogP) is 0.920. The molecule has 2 aliphatic rings. The number of benzene rings is 1. The Morgan fingerprint density at radius 2 is 2.10 bits per heavy atom. The Morgan fingerprint density at radius 1 is 1.29 bits per heavy atom. The van der Waals surface area contributed by atoms with E-state index >= 15 is 0 Å². The van der Waals surface area contributed by atoms with Crippen molar-refractivity contribution >= 4 is 12.0 Å². The van der Waals surface area contributed by atoms with Crippen molar-refractivity contribution in [1.29, 1.82) is 0 Å². The van der Waals surface area contributed by atoms with Crippen LogP contribution >= 0.6 is 0 Å². The van der Waals surface area contributed by atoms with Gasteiger partial charge in [-0.1, -0.05) is 31.2 Å². The summed E-state index contributed by atoms with van der Waals surface area (Å²) in [5, 5.41) is 9.90. The first kappa shape index (κ1) is 12.4. The van der Waals surface area contributed by atoms with Crippen LogP contribution in [-0.4, -0.2) is 16.1 Å². The molecule has 5 nitrogen and oxygen atoms in total. The number of aromatic nitrogens is 2. The van der Waals surface area contributed by atoms with Gasteiger partial charge in [-0.05, 0) is 24.1 Å². The molecule has 5 heteroatoms. The maximum Gasteiger partial charge on any atom is 0.253 e. The lowest BCUT2D eigenvalue weighted by atomic mass is 10.0. The molecule has 2 heterocycles. The molecule has 1 unspecified atom stereocenters. The minimum absolute atomic E-state index is 0.0580. The topological polar surface area (TPSA) is 68.3 Å². The van der Waals surface area contributed by atoms with Crippen LogP contribution in [0.4, 0.5) is 0 Å². The lowest BCUT2D eigenvalue weighted by Crippen LogP contribution is -2.34. The molecule has 1 aliphatic carbocycles. The van der Waals surface area contributed by atoms with E-state index in [9.17, 15) is 4.79 Å². The average Bonchev–Trinajstić information content (AvgIpc) is 3.05. The molecule has 0 bridgehead atoms. The molecule has 1 saturated carbocycles. The molecule has 106 valence electrons. The number of carbonyl (C=O) groups excluding carboxylic acids is 1. The molecule has 1 atom stereocenters. The highest BCUT2D eigenvalue weighted by Gasteiger charge is 2.44. The van der Waals surface area contributed by atoms with Crippen molar-refractivity contribution in [3.05, 3.63) is 46.6 Å². The second-order valence-electron chi connectivity index (χ2n) is 6.05. The van der Waals surface area contributed by atoms with Gasteiger partial charge in [-0.25, -0.2) is 4.99 Å². The molecule has 1 aromatic heterocycles. The zero-order valence-electron chi connectivity index (χ0n) is 11.7. The zero-order chi connectivity index (χ0) is 14.4. The van der Waals surface area contributed by atoms with Gasteiger partial charge in [0, 0.05) is 11.8 Å². The van der Waals surface area contributed by atoms with Gasteiger partial charge in [-0.2, -0.15) is 0 Å². The Morgan fingerprint density at radius 3 is 2.90 bits per heavy atom. The summed E-state index contributed by atoms with van der Waals surface area (Å²) in [6, 6.07) is 7.63. The fourth-order valence-corrected chi connectivity index (χ4v) is 2.54. The molecule has 2 aromatic rings. The van der Waals surface area contributed by atoms with E-state index in [1.54, 1.807) is 0 Å². The van der Waals surface area contributed by atoms with E-state index in [2.05, 4.69) is 22.1 Å². The summed E-state index contributed by atoms with van der Waals surface area (Å²) in [5.74, 6) is 0.742. The molecule has 1 fully saturated rings. The van der Waals surface area contributed by atoms with Crippen molar-refractivity contribution in [1.82, 2.24) is 10.2 Å². The molecule has 4 rings (SSSR count). The number of amides is 1. The van der Waals surface area contributed by atoms with Gasteiger partial charge < -0.3 is 4.42 Å². The van der Waals surface area contributed by atoms with Crippen LogP contribution in [0.1, 0.15) is 31.5 Å². The van der Waals surface area contributed by atoms with Crippen molar-refractivity contribution in [2.24, 2.45) is 10.9 Å². The minimum Gasteiger partial charge on any atom is -0.425 e. The van der Waals surface area contributed by atoms with Gasteiger partial charge in [-0.3, -0.25) is 4.79 Å². The largest absolute Gasteiger partial charge is 0.425 e. The van der Waals surface area contributed by atoms with Gasteiger partial charge in [0.15, 0.2) is 0 Å². The van der Waals surface area contributed by atoms with Crippen LogP contribution < -0.4 is 10.6 Å². The Balaban J connectivity index is 1.61. The summed E-state index contributed by atoms with van der Waals surface area (Å²) in [7, 11) is 0. The van der Waals surface area contributed by atoms with E-state index in [-0.39, 0.29) is 17.2 Å². The maximum atomic E-state index is 12.1. The number of rotatable bonds is 3. The summed E-state index contributed by atoms with van der Waals surface area (Å²) in [6.07, 6.45) is 4.53. The van der Waals surface area contributed by atoms with Crippen molar-refractivity contribution in [3.8, 4) is 0 Å². The molecule has 1 aliphatic heterocycles. The molecule has 0 saturated heterocycles. The molecule has 21 heavy (non-hydrogen) atoms. The first-order chi connectivity index (χ1) is 10.1. The first-order valence-electron chi connectivity index (χ1n) is 7.16. The van der Waals surface area contributed by atoms with Crippen LogP contribution in [0.2, 0.25) is 0 Å². The number of para-hydroxylation sites is 1. The second-order valence-corrected chi connectivity index (χ2v) is 6.05. The summed E-state index contributed by atoms with van der Waals surface area (Å²) in [5.41, 5.74) is 0.0580. The van der Waals surface area contributed by atoms with E-state index < -0.39 is 0 Å².